The Morgan fingerprint density at radius 3 is 2.71 bits per heavy atom. The maximum absolute atomic E-state index is 12.3. The number of morpholine rings is 1. The van der Waals surface area contributed by atoms with Gasteiger partial charge in [0.15, 0.2) is 5.69 Å². The molecule has 0 saturated carbocycles. The van der Waals surface area contributed by atoms with Crippen molar-refractivity contribution < 1.29 is 19.4 Å². The summed E-state index contributed by atoms with van der Waals surface area (Å²) in [5.74, 6) is -1.10. The summed E-state index contributed by atoms with van der Waals surface area (Å²) in [7, 11) is 0. The van der Waals surface area contributed by atoms with Crippen LogP contribution in [0.3, 0.4) is 0 Å². The minimum absolute atomic E-state index is 0.0000247. The first-order valence-electron chi connectivity index (χ1n) is 6.85. The van der Waals surface area contributed by atoms with Gasteiger partial charge in [-0.3, -0.25) is 0 Å². The van der Waals surface area contributed by atoms with E-state index in [0.29, 0.717) is 32.8 Å². The minimum atomic E-state index is -1.10. The first kappa shape index (κ1) is 13.8. The van der Waals surface area contributed by atoms with Crippen molar-refractivity contribution in [3.63, 3.8) is 0 Å². The lowest BCUT2D eigenvalue weighted by Gasteiger charge is -2.43. The van der Waals surface area contributed by atoms with E-state index >= 15 is 0 Å². The number of carbonyl (C=O) groups is 2. The summed E-state index contributed by atoms with van der Waals surface area (Å²) in [4.78, 5) is 26.5. The van der Waals surface area contributed by atoms with E-state index in [1.54, 1.807) is 9.80 Å². The largest absolute Gasteiger partial charge is 0.476 e. The van der Waals surface area contributed by atoms with Gasteiger partial charge >= 0.3 is 12.0 Å². The van der Waals surface area contributed by atoms with E-state index in [0.717, 1.165) is 0 Å². The monoisotopic (exact) mass is 295 g/mol. The molecule has 0 aliphatic carbocycles. The van der Waals surface area contributed by atoms with Crippen LogP contribution in [0.5, 0.6) is 0 Å². The molecule has 0 spiro atoms. The molecule has 0 bridgehead atoms. The van der Waals surface area contributed by atoms with Crippen molar-refractivity contribution in [3.05, 3.63) is 11.9 Å². The molecule has 3 heterocycles. The molecular formula is C12H17N5O4. The number of hydrogen-bond donors (Lipinski definition) is 1. The highest BCUT2D eigenvalue weighted by atomic mass is 16.5. The summed E-state index contributed by atoms with van der Waals surface area (Å²) in [6.45, 7) is 4.76. The summed E-state index contributed by atoms with van der Waals surface area (Å²) >= 11 is 0. The molecule has 9 nitrogen and oxygen atoms in total. The minimum Gasteiger partial charge on any atom is -0.476 e. The van der Waals surface area contributed by atoms with Gasteiger partial charge in [0.2, 0.25) is 0 Å². The van der Waals surface area contributed by atoms with Crippen LogP contribution in [0, 0.1) is 0 Å². The van der Waals surface area contributed by atoms with Gasteiger partial charge in [-0.1, -0.05) is 5.21 Å². The number of rotatable bonds is 2. The number of nitrogens with zero attached hydrogens (tertiary/aromatic N) is 5. The van der Waals surface area contributed by atoms with E-state index in [2.05, 4.69) is 10.3 Å². The van der Waals surface area contributed by atoms with Crippen molar-refractivity contribution in [1.29, 1.82) is 0 Å². The second kappa shape index (κ2) is 5.32. The van der Waals surface area contributed by atoms with Crippen LogP contribution in [0.2, 0.25) is 0 Å². The quantitative estimate of drug-likeness (QED) is 0.802. The first-order chi connectivity index (χ1) is 10.0. The Bertz CT molecular complexity index is 554. The van der Waals surface area contributed by atoms with Gasteiger partial charge in [0.1, 0.15) is 0 Å². The second-order valence-corrected chi connectivity index (χ2v) is 5.36. The van der Waals surface area contributed by atoms with Gasteiger partial charge in [0.05, 0.1) is 24.9 Å². The topological polar surface area (TPSA) is 101 Å². The zero-order valence-corrected chi connectivity index (χ0v) is 11.7. The zero-order valence-electron chi connectivity index (χ0n) is 11.7. The molecule has 1 unspecified atom stereocenters. The molecule has 1 N–H and O–H groups in total. The predicted octanol–water partition coefficient (Wildman–Crippen LogP) is -0.326. The highest BCUT2D eigenvalue weighted by Gasteiger charge is 2.36. The summed E-state index contributed by atoms with van der Waals surface area (Å²) in [6.07, 6.45) is 1.46. The van der Waals surface area contributed by atoms with Crippen molar-refractivity contribution in [2.45, 2.75) is 19.1 Å². The molecule has 1 aromatic heterocycles. The number of aromatic carboxylic acids is 1. The number of aromatic nitrogens is 3. The molecule has 2 saturated heterocycles. The molecule has 2 aliphatic heterocycles. The molecule has 0 radical (unpaired) electrons. The Labute approximate surface area is 121 Å². The Kier molecular flexibility index (Phi) is 3.50. The van der Waals surface area contributed by atoms with Crippen molar-refractivity contribution in [2.75, 3.05) is 32.8 Å². The smallest absolute Gasteiger partial charge is 0.358 e. The van der Waals surface area contributed by atoms with Gasteiger partial charge < -0.3 is 19.6 Å². The lowest BCUT2D eigenvalue weighted by molar-refractivity contribution is -0.0155. The van der Waals surface area contributed by atoms with E-state index in [1.807, 2.05) is 6.92 Å². The Balaban J connectivity index is 1.55. The molecule has 0 aromatic carbocycles. The molecule has 3 rings (SSSR count). The third-order valence-corrected chi connectivity index (χ3v) is 3.75. The lowest BCUT2D eigenvalue weighted by atomic mass is 10.1. The molecule has 114 valence electrons. The van der Waals surface area contributed by atoms with Gasteiger partial charge in [-0.2, -0.15) is 0 Å². The summed E-state index contributed by atoms with van der Waals surface area (Å²) in [6, 6.07) is -0.00649. The molecule has 9 heteroatoms. The fourth-order valence-corrected chi connectivity index (χ4v) is 2.52. The third kappa shape index (κ3) is 2.68. The molecule has 1 aromatic rings. The third-order valence-electron chi connectivity index (χ3n) is 3.75. The van der Waals surface area contributed by atoms with E-state index in [1.165, 1.54) is 10.9 Å². The van der Waals surface area contributed by atoms with Gasteiger partial charge in [-0.25, -0.2) is 14.3 Å². The summed E-state index contributed by atoms with van der Waals surface area (Å²) in [5, 5.41) is 16.2. The Morgan fingerprint density at radius 1 is 1.33 bits per heavy atom. The van der Waals surface area contributed by atoms with Crippen molar-refractivity contribution >= 4 is 12.0 Å². The number of amides is 2. The molecule has 2 amide bonds. The van der Waals surface area contributed by atoms with Crippen LogP contribution >= 0.6 is 0 Å². The summed E-state index contributed by atoms with van der Waals surface area (Å²) < 4.78 is 6.92. The molecular weight excluding hydrogens is 278 g/mol. The number of carbonyl (C=O) groups excluding carboxylic acids is 1. The van der Waals surface area contributed by atoms with Crippen molar-refractivity contribution in [3.8, 4) is 0 Å². The standard InChI is InChI=1S/C12H17N5O4/c1-8-4-15(2-3-21-8)12(20)16-5-9(6-16)17-7-10(11(18)19)13-14-17/h7-9H,2-6H2,1H3,(H,18,19). The maximum atomic E-state index is 12.3. The molecule has 1 atom stereocenters. The number of carboxylic acids is 1. The van der Waals surface area contributed by atoms with Crippen LogP contribution in [0.4, 0.5) is 4.79 Å². The van der Waals surface area contributed by atoms with Gasteiger partial charge in [-0.05, 0) is 6.92 Å². The lowest BCUT2D eigenvalue weighted by Crippen LogP contribution is -2.58. The molecule has 2 aliphatic rings. The van der Waals surface area contributed by atoms with Gasteiger partial charge in [-0.15, -0.1) is 5.10 Å². The van der Waals surface area contributed by atoms with Crippen LogP contribution in [0.25, 0.3) is 0 Å². The normalized spacial score (nSPS) is 23.0. The number of urea groups is 1. The Hall–Kier alpha value is -2.16. The average molecular weight is 295 g/mol. The predicted molar refractivity (Wildman–Crippen MR) is 70.0 cm³/mol. The highest BCUT2D eigenvalue weighted by molar-refractivity contribution is 5.84. The number of ether oxygens (including phenoxy) is 1. The molecule has 21 heavy (non-hydrogen) atoms. The maximum Gasteiger partial charge on any atom is 0.358 e. The fourth-order valence-electron chi connectivity index (χ4n) is 2.52. The van der Waals surface area contributed by atoms with Crippen molar-refractivity contribution in [1.82, 2.24) is 24.8 Å². The number of hydrogen-bond acceptors (Lipinski definition) is 5. The van der Waals surface area contributed by atoms with Crippen LogP contribution < -0.4 is 0 Å². The van der Waals surface area contributed by atoms with E-state index in [9.17, 15) is 9.59 Å². The molecule has 2 fully saturated rings. The van der Waals surface area contributed by atoms with Gasteiger partial charge in [0, 0.05) is 26.2 Å². The van der Waals surface area contributed by atoms with Crippen LogP contribution in [0.15, 0.2) is 6.20 Å². The van der Waals surface area contributed by atoms with Crippen molar-refractivity contribution in [2.24, 2.45) is 0 Å². The Morgan fingerprint density at radius 2 is 2.10 bits per heavy atom. The first-order valence-corrected chi connectivity index (χ1v) is 6.85. The van der Waals surface area contributed by atoms with Crippen LogP contribution in [0.1, 0.15) is 23.5 Å². The van der Waals surface area contributed by atoms with Crippen LogP contribution in [-0.4, -0.2) is 80.8 Å². The number of carboxylic acid groups (broad SMARTS) is 1. The van der Waals surface area contributed by atoms with E-state index < -0.39 is 5.97 Å². The second-order valence-electron chi connectivity index (χ2n) is 5.36. The average Bonchev–Trinajstić information content (AvgIpc) is 2.86. The number of likely N-dealkylation sites (tertiary alicyclic amines) is 1. The fraction of sp³-hybridized carbons (Fsp3) is 0.667. The highest BCUT2D eigenvalue weighted by Crippen LogP contribution is 2.22. The zero-order chi connectivity index (χ0) is 15.0. The van der Waals surface area contributed by atoms with Gasteiger partial charge in [0.25, 0.3) is 0 Å². The summed E-state index contributed by atoms with van der Waals surface area (Å²) in [5.41, 5.74) is -0.0817. The SMILES string of the molecule is CC1CN(C(=O)N2CC(n3cc(C(=O)O)nn3)C2)CCO1. The van der Waals surface area contributed by atoms with E-state index in [4.69, 9.17) is 9.84 Å². The van der Waals surface area contributed by atoms with E-state index in [-0.39, 0.29) is 23.9 Å². The van der Waals surface area contributed by atoms with Crippen LogP contribution in [-0.2, 0) is 4.74 Å².